The van der Waals surface area contributed by atoms with Gasteiger partial charge in [0.25, 0.3) is 5.91 Å². The van der Waals surface area contributed by atoms with E-state index in [4.69, 9.17) is 38.9 Å². The van der Waals surface area contributed by atoms with Crippen LogP contribution in [0.4, 0.5) is 0 Å². The number of carbonyl (C=O) groups is 1. The smallest absolute Gasteiger partial charge is 0.267 e. The van der Waals surface area contributed by atoms with Gasteiger partial charge in [0.15, 0.2) is 0 Å². The minimum absolute atomic E-state index is 0.0485. The fourth-order valence-corrected chi connectivity index (χ4v) is 3.04. The summed E-state index contributed by atoms with van der Waals surface area (Å²) in [7, 11) is 1.68. The van der Waals surface area contributed by atoms with Crippen molar-refractivity contribution >= 4 is 29.1 Å². The number of ether oxygens (including phenoxy) is 1. The summed E-state index contributed by atoms with van der Waals surface area (Å²) >= 11 is 11.8. The van der Waals surface area contributed by atoms with Gasteiger partial charge < -0.3 is 21.1 Å². The topological polar surface area (TPSA) is 100 Å². The Balaban J connectivity index is 1.82. The van der Waals surface area contributed by atoms with E-state index in [2.05, 4.69) is 10.6 Å². The van der Waals surface area contributed by atoms with Crippen LogP contribution in [-0.4, -0.2) is 25.1 Å². The number of carbonyl (C=O) groups excluding carboxylic acids is 1. The lowest BCUT2D eigenvalue weighted by molar-refractivity contribution is -0.118. The zero-order valence-electron chi connectivity index (χ0n) is 15.0. The molecule has 1 saturated carbocycles. The summed E-state index contributed by atoms with van der Waals surface area (Å²) in [4.78, 5) is 12.1. The number of amides is 1. The Morgan fingerprint density at radius 3 is 2.63 bits per heavy atom. The highest BCUT2D eigenvalue weighted by atomic mass is 35.5. The molecule has 1 aromatic carbocycles. The molecule has 0 unspecified atom stereocenters. The molecule has 1 aromatic rings. The Morgan fingerprint density at radius 1 is 1.33 bits per heavy atom. The molecule has 1 amide bonds. The predicted octanol–water partition coefficient (Wildman–Crippen LogP) is 3.16. The predicted molar refractivity (Wildman–Crippen MR) is 106 cm³/mol. The number of benzene rings is 1. The Hall–Kier alpha value is -2.36. The van der Waals surface area contributed by atoms with Gasteiger partial charge in [-0.05, 0) is 50.0 Å². The van der Waals surface area contributed by atoms with Crippen LogP contribution in [-0.2, 0) is 4.79 Å². The van der Waals surface area contributed by atoms with E-state index in [1.54, 1.807) is 25.2 Å². The van der Waals surface area contributed by atoms with Gasteiger partial charge in [-0.25, -0.2) is 0 Å². The zero-order chi connectivity index (χ0) is 19.8. The molecule has 4 N–H and O–H groups in total. The van der Waals surface area contributed by atoms with E-state index in [0.717, 1.165) is 25.7 Å². The van der Waals surface area contributed by atoms with E-state index in [0.29, 0.717) is 21.5 Å². The van der Waals surface area contributed by atoms with E-state index in [1.165, 1.54) is 12.2 Å². The standard InChI is InChI=1S/C19H22Cl2N4O2/c1-24-18(21)9-8-17(23)19(26)25-13-3-6-14(7-4-13)27-15-5-2-12(11-22)16(20)10-15/h2,5,8-10,13-14,24H,3-4,6-7,23H2,1H3,(H,25,26)/b17-8-,18-9-. The summed E-state index contributed by atoms with van der Waals surface area (Å²) in [5, 5.41) is 15.3. The molecule has 27 heavy (non-hydrogen) atoms. The molecular formula is C19H22Cl2N4O2. The maximum absolute atomic E-state index is 12.1. The first kappa shape index (κ1) is 20.9. The van der Waals surface area contributed by atoms with Crippen LogP contribution in [0, 0.1) is 11.3 Å². The van der Waals surface area contributed by atoms with Crippen molar-refractivity contribution in [1.82, 2.24) is 10.6 Å². The normalized spacial score (nSPS) is 20.5. The maximum Gasteiger partial charge on any atom is 0.267 e. The highest BCUT2D eigenvalue weighted by molar-refractivity contribution is 6.31. The summed E-state index contributed by atoms with van der Waals surface area (Å²) < 4.78 is 5.94. The van der Waals surface area contributed by atoms with Crippen LogP contribution in [0.3, 0.4) is 0 Å². The molecule has 0 heterocycles. The quantitative estimate of drug-likeness (QED) is 0.381. The second-order valence-corrected chi connectivity index (χ2v) is 7.02. The zero-order valence-corrected chi connectivity index (χ0v) is 16.5. The first-order valence-electron chi connectivity index (χ1n) is 8.60. The Morgan fingerprint density at radius 2 is 2.04 bits per heavy atom. The van der Waals surface area contributed by atoms with Crippen LogP contribution in [0.5, 0.6) is 5.75 Å². The second kappa shape index (κ2) is 10.1. The third kappa shape index (κ3) is 6.38. The summed E-state index contributed by atoms with van der Waals surface area (Å²) in [6.45, 7) is 0. The van der Waals surface area contributed by atoms with Crippen molar-refractivity contribution in [3.8, 4) is 11.8 Å². The number of allylic oxidation sites excluding steroid dienone is 2. The highest BCUT2D eigenvalue weighted by Crippen LogP contribution is 2.27. The first-order valence-corrected chi connectivity index (χ1v) is 9.36. The van der Waals surface area contributed by atoms with Gasteiger partial charge in [-0.3, -0.25) is 4.79 Å². The van der Waals surface area contributed by atoms with Crippen LogP contribution in [0.2, 0.25) is 5.02 Å². The molecule has 1 fully saturated rings. The molecule has 0 spiro atoms. The number of nitrogens with two attached hydrogens (primary N) is 1. The lowest BCUT2D eigenvalue weighted by Gasteiger charge is -2.29. The van der Waals surface area contributed by atoms with Gasteiger partial charge in [0.2, 0.25) is 0 Å². The van der Waals surface area contributed by atoms with Crippen molar-refractivity contribution in [2.45, 2.75) is 37.8 Å². The van der Waals surface area contributed by atoms with Crippen LogP contribution in [0.15, 0.2) is 41.2 Å². The highest BCUT2D eigenvalue weighted by Gasteiger charge is 2.24. The fourth-order valence-electron chi connectivity index (χ4n) is 2.77. The average molecular weight is 409 g/mol. The number of nitrogens with one attached hydrogen (secondary N) is 2. The van der Waals surface area contributed by atoms with Gasteiger partial charge in [0.05, 0.1) is 22.4 Å². The van der Waals surface area contributed by atoms with Crippen molar-refractivity contribution in [3.05, 3.63) is 51.8 Å². The van der Waals surface area contributed by atoms with Gasteiger partial charge in [-0.2, -0.15) is 5.26 Å². The van der Waals surface area contributed by atoms with Gasteiger partial charge in [0.1, 0.15) is 17.0 Å². The lowest BCUT2D eigenvalue weighted by atomic mass is 9.93. The summed E-state index contributed by atoms with van der Waals surface area (Å²) in [6, 6.07) is 7.12. The second-order valence-electron chi connectivity index (χ2n) is 6.21. The van der Waals surface area contributed by atoms with Crippen molar-refractivity contribution in [2.24, 2.45) is 5.73 Å². The molecule has 0 bridgehead atoms. The largest absolute Gasteiger partial charge is 0.490 e. The number of halogens is 2. The molecule has 0 saturated heterocycles. The van der Waals surface area contributed by atoms with Crippen molar-refractivity contribution < 1.29 is 9.53 Å². The van der Waals surface area contributed by atoms with E-state index in [1.807, 2.05) is 6.07 Å². The minimum Gasteiger partial charge on any atom is -0.490 e. The van der Waals surface area contributed by atoms with Crippen LogP contribution < -0.4 is 21.1 Å². The van der Waals surface area contributed by atoms with Crippen molar-refractivity contribution in [3.63, 3.8) is 0 Å². The Labute approximate surface area is 169 Å². The maximum atomic E-state index is 12.1. The van der Waals surface area contributed by atoms with Gasteiger partial charge in [-0.1, -0.05) is 23.2 Å². The number of rotatable bonds is 6. The molecule has 0 aromatic heterocycles. The summed E-state index contributed by atoms with van der Waals surface area (Å²) in [5.74, 6) is 0.335. The van der Waals surface area contributed by atoms with E-state index < -0.39 is 0 Å². The van der Waals surface area contributed by atoms with Crippen LogP contribution in [0.25, 0.3) is 0 Å². The van der Waals surface area contributed by atoms with E-state index >= 15 is 0 Å². The number of hydrogen-bond donors (Lipinski definition) is 3. The van der Waals surface area contributed by atoms with Crippen LogP contribution >= 0.6 is 23.2 Å². The number of hydrogen-bond acceptors (Lipinski definition) is 5. The lowest BCUT2D eigenvalue weighted by Crippen LogP contribution is -2.41. The molecule has 8 heteroatoms. The van der Waals surface area contributed by atoms with E-state index in [9.17, 15) is 4.79 Å². The first-order chi connectivity index (χ1) is 12.9. The average Bonchev–Trinajstić information content (AvgIpc) is 2.67. The van der Waals surface area contributed by atoms with Gasteiger partial charge >= 0.3 is 0 Å². The molecule has 0 aliphatic heterocycles. The molecule has 144 valence electrons. The third-order valence-electron chi connectivity index (χ3n) is 4.28. The minimum atomic E-state index is -0.310. The molecule has 2 rings (SSSR count). The van der Waals surface area contributed by atoms with Gasteiger partial charge in [0, 0.05) is 19.2 Å². The Kier molecular flexibility index (Phi) is 7.83. The summed E-state index contributed by atoms with van der Waals surface area (Å²) in [5.41, 5.74) is 6.29. The molecule has 6 nitrogen and oxygen atoms in total. The Bertz CT molecular complexity index is 778. The molecule has 1 aliphatic rings. The van der Waals surface area contributed by atoms with Crippen LogP contribution in [0.1, 0.15) is 31.2 Å². The van der Waals surface area contributed by atoms with Crippen molar-refractivity contribution in [1.29, 1.82) is 5.26 Å². The van der Waals surface area contributed by atoms with E-state index in [-0.39, 0.29) is 23.8 Å². The molecule has 0 atom stereocenters. The fraction of sp³-hybridized carbons (Fsp3) is 0.368. The monoisotopic (exact) mass is 408 g/mol. The van der Waals surface area contributed by atoms with Gasteiger partial charge in [-0.15, -0.1) is 0 Å². The molecular weight excluding hydrogens is 387 g/mol. The third-order valence-corrected chi connectivity index (χ3v) is 4.91. The molecule has 1 aliphatic carbocycles. The summed E-state index contributed by atoms with van der Waals surface area (Å²) in [6.07, 6.45) is 6.24. The SMILES string of the molecule is CN/C(Cl)=C\C=C(/N)C(=O)NC1CCC(Oc2ccc(C#N)c(Cl)c2)CC1. The number of nitriles is 1. The number of nitrogens with zero attached hydrogens (tertiary/aromatic N) is 1. The van der Waals surface area contributed by atoms with Crippen molar-refractivity contribution in [2.75, 3.05) is 7.05 Å². The molecule has 0 radical (unpaired) electrons.